The van der Waals surface area contributed by atoms with Crippen LogP contribution in [-0.2, 0) is 16.8 Å². The monoisotopic (exact) mass is 468 g/mol. The lowest BCUT2D eigenvalue weighted by atomic mass is 10.1. The number of aryl methyl sites for hydroxylation is 2. The predicted octanol–water partition coefficient (Wildman–Crippen LogP) is 4.44. The first-order valence-corrected chi connectivity index (χ1v) is 11.7. The highest BCUT2D eigenvalue weighted by Crippen LogP contribution is 2.24. The number of hydrogen-bond donors (Lipinski definition) is 2. The number of carbonyl (C=O) groups excluding carboxylic acids is 1. The Hall–Kier alpha value is -3.36. The molecule has 0 saturated carbocycles. The highest BCUT2D eigenvalue weighted by Gasteiger charge is 2.21. The van der Waals surface area contributed by atoms with E-state index in [9.17, 15) is 13.2 Å². The molecular formula is C23H21ClN4O3S. The fraction of sp³-hybridized carbons (Fsp3) is 0.130. The van der Waals surface area contributed by atoms with Crippen molar-refractivity contribution in [2.45, 2.75) is 20.4 Å². The smallest absolute Gasteiger partial charge is 0.323 e. The number of hydrogen-bond acceptors (Lipinski definition) is 4. The lowest BCUT2D eigenvalue weighted by Gasteiger charge is -2.11. The van der Waals surface area contributed by atoms with Gasteiger partial charge in [-0.25, -0.2) is 9.71 Å². The Kier molecular flexibility index (Phi) is 5.90. The number of carbonyl (C=O) groups is 1. The van der Waals surface area contributed by atoms with Crippen LogP contribution in [0.25, 0.3) is 11.0 Å². The van der Waals surface area contributed by atoms with Crippen molar-refractivity contribution in [1.82, 2.24) is 14.3 Å². The van der Waals surface area contributed by atoms with E-state index in [1.54, 1.807) is 36.4 Å². The zero-order valence-electron chi connectivity index (χ0n) is 17.5. The normalized spacial score (nSPS) is 11.5. The number of benzene rings is 3. The molecule has 0 atom stereocenters. The van der Waals surface area contributed by atoms with Crippen LogP contribution in [0.15, 0.2) is 66.7 Å². The third-order valence-electron chi connectivity index (χ3n) is 5.03. The fourth-order valence-electron chi connectivity index (χ4n) is 3.42. The summed E-state index contributed by atoms with van der Waals surface area (Å²) in [5.74, 6) is -0.0848. The highest BCUT2D eigenvalue weighted by atomic mass is 35.5. The predicted molar refractivity (Wildman–Crippen MR) is 126 cm³/mol. The second-order valence-corrected chi connectivity index (χ2v) is 9.23. The Morgan fingerprint density at radius 3 is 2.44 bits per heavy atom. The van der Waals surface area contributed by atoms with E-state index in [2.05, 4.69) is 14.4 Å². The molecule has 0 unspecified atom stereocenters. The minimum atomic E-state index is -4.12. The van der Waals surface area contributed by atoms with Crippen molar-refractivity contribution in [3.8, 4) is 0 Å². The van der Waals surface area contributed by atoms with Gasteiger partial charge in [0, 0.05) is 5.02 Å². The molecule has 1 aromatic heterocycles. The summed E-state index contributed by atoms with van der Waals surface area (Å²) >= 11 is 6.30. The molecular weight excluding hydrogens is 448 g/mol. The van der Waals surface area contributed by atoms with Gasteiger partial charge in [-0.3, -0.25) is 9.52 Å². The quantitative estimate of drug-likeness (QED) is 0.437. The third kappa shape index (κ3) is 4.61. The largest absolute Gasteiger partial charge is 0.324 e. The molecule has 4 rings (SSSR count). The molecule has 2 N–H and O–H groups in total. The Morgan fingerprint density at radius 1 is 1.00 bits per heavy atom. The number of amides is 1. The van der Waals surface area contributed by atoms with Gasteiger partial charge in [0.05, 0.1) is 23.3 Å². The maximum Gasteiger partial charge on any atom is 0.323 e. The molecule has 1 heterocycles. The average molecular weight is 469 g/mol. The molecule has 0 radical (unpaired) electrons. The van der Waals surface area contributed by atoms with E-state index < -0.39 is 16.1 Å². The third-order valence-corrected chi connectivity index (χ3v) is 6.36. The van der Waals surface area contributed by atoms with Crippen molar-refractivity contribution in [3.05, 3.63) is 94.3 Å². The Labute approximate surface area is 191 Å². The second-order valence-electron chi connectivity index (χ2n) is 7.41. The summed E-state index contributed by atoms with van der Waals surface area (Å²) in [5, 5.41) is 0.635. The lowest BCUT2D eigenvalue weighted by molar-refractivity contribution is 0.0983. The van der Waals surface area contributed by atoms with Crippen LogP contribution < -0.4 is 9.44 Å². The first kappa shape index (κ1) is 21.9. The molecule has 164 valence electrons. The van der Waals surface area contributed by atoms with Crippen molar-refractivity contribution < 1.29 is 13.2 Å². The summed E-state index contributed by atoms with van der Waals surface area (Å²) in [7, 11) is -4.12. The maximum absolute atomic E-state index is 12.9. The number of anilines is 1. The fourth-order valence-corrected chi connectivity index (χ4v) is 4.47. The molecule has 9 heteroatoms. The van der Waals surface area contributed by atoms with Crippen LogP contribution in [0.1, 0.15) is 27.3 Å². The maximum atomic E-state index is 12.9. The van der Waals surface area contributed by atoms with Gasteiger partial charge in [-0.2, -0.15) is 8.42 Å². The van der Waals surface area contributed by atoms with Gasteiger partial charge < -0.3 is 4.57 Å². The Morgan fingerprint density at radius 2 is 1.72 bits per heavy atom. The molecule has 0 spiro atoms. The van der Waals surface area contributed by atoms with E-state index in [1.807, 2.05) is 48.7 Å². The van der Waals surface area contributed by atoms with E-state index in [0.717, 1.165) is 11.1 Å². The summed E-state index contributed by atoms with van der Waals surface area (Å²) in [6.45, 7) is 4.20. The molecule has 1 amide bonds. The van der Waals surface area contributed by atoms with Gasteiger partial charge in [0.1, 0.15) is 11.3 Å². The van der Waals surface area contributed by atoms with E-state index in [4.69, 9.17) is 11.6 Å². The van der Waals surface area contributed by atoms with Crippen LogP contribution >= 0.6 is 11.6 Å². The van der Waals surface area contributed by atoms with Crippen LogP contribution in [0.2, 0.25) is 5.02 Å². The summed E-state index contributed by atoms with van der Waals surface area (Å²) in [5.41, 5.74) is 3.55. The van der Waals surface area contributed by atoms with Crippen molar-refractivity contribution in [3.63, 3.8) is 0 Å². The molecule has 3 aromatic carbocycles. The molecule has 7 nitrogen and oxygen atoms in total. The Bertz CT molecular complexity index is 1410. The molecule has 32 heavy (non-hydrogen) atoms. The van der Waals surface area contributed by atoms with Gasteiger partial charge in [0.25, 0.3) is 5.91 Å². The average Bonchev–Trinajstić information content (AvgIpc) is 3.06. The lowest BCUT2D eigenvalue weighted by Crippen LogP contribution is -2.35. The summed E-state index contributed by atoms with van der Waals surface area (Å²) in [6.07, 6.45) is 0. The van der Waals surface area contributed by atoms with E-state index >= 15 is 0 Å². The van der Waals surface area contributed by atoms with E-state index in [0.29, 0.717) is 34.1 Å². The van der Waals surface area contributed by atoms with Crippen LogP contribution in [0.3, 0.4) is 0 Å². The number of rotatable bonds is 6. The summed E-state index contributed by atoms with van der Waals surface area (Å²) in [4.78, 5) is 17.4. The SMILES string of the molecule is Cc1ccc(NS(=O)(=O)NC(=O)c2cccc3c2nc(C)n3Cc2ccccc2Cl)cc1. The van der Waals surface area contributed by atoms with Gasteiger partial charge in [0.2, 0.25) is 0 Å². The molecule has 0 aliphatic carbocycles. The summed E-state index contributed by atoms with van der Waals surface area (Å²) < 4.78 is 31.3. The Balaban J connectivity index is 1.62. The molecule has 0 aliphatic heterocycles. The first-order chi connectivity index (χ1) is 15.2. The van der Waals surface area contributed by atoms with Crippen LogP contribution in [-0.4, -0.2) is 23.9 Å². The molecule has 0 saturated heterocycles. The van der Waals surface area contributed by atoms with Crippen LogP contribution in [0.5, 0.6) is 0 Å². The molecule has 0 fully saturated rings. The number of halogens is 1. The van der Waals surface area contributed by atoms with Crippen molar-refractivity contribution in [2.24, 2.45) is 0 Å². The van der Waals surface area contributed by atoms with Gasteiger partial charge in [-0.1, -0.05) is 53.6 Å². The first-order valence-electron chi connectivity index (χ1n) is 9.84. The minimum Gasteiger partial charge on any atom is -0.324 e. The zero-order chi connectivity index (χ0) is 22.9. The summed E-state index contributed by atoms with van der Waals surface area (Å²) in [6, 6.07) is 19.4. The number of aromatic nitrogens is 2. The van der Waals surface area contributed by atoms with Crippen LogP contribution in [0, 0.1) is 13.8 Å². The zero-order valence-corrected chi connectivity index (χ0v) is 19.0. The van der Waals surface area contributed by atoms with Crippen molar-refractivity contribution in [1.29, 1.82) is 0 Å². The molecule has 4 aromatic rings. The van der Waals surface area contributed by atoms with Gasteiger partial charge >= 0.3 is 10.2 Å². The highest BCUT2D eigenvalue weighted by molar-refractivity contribution is 7.91. The van der Waals surface area contributed by atoms with Crippen molar-refractivity contribution in [2.75, 3.05) is 4.72 Å². The number of para-hydroxylation sites is 1. The standard InChI is InChI=1S/C23H21ClN4O3S/c1-15-10-12-18(13-11-15)26-32(30,31)27-23(29)19-7-5-9-21-22(19)25-16(2)28(21)14-17-6-3-4-8-20(17)24/h3-13,26H,14H2,1-2H3,(H,27,29). The molecule has 0 bridgehead atoms. The number of imidazole rings is 1. The van der Waals surface area contributed by atoms with Gasteiger partial charge in [-0.15, -0.1) is 0 Å². The number of fused-ring (bicyclic) bond motifs is 1. The topological polar surface area (TPSA) is 93.1 Å². The van der Waals surface area contributed by atoms with E-state index in [-0.39, 0.29) is 5.56 Å². The second kappa shape index (κ2) is 8.64. The van der Waals surface area contributed by atoms with E-state index in [1.165, 1.54) is 0 Å². The number of nitrogens with zero attached hydrogens (tertiary/aromatic N) is 2. The number of nitrogens with one attached hydrogen (secondary N) is 2. The van der Waals surface area contributed by atoms with Gasteiger partial charge in [-0.05, 0) is 49.7 Å². The van der Waals surface area contributed by atoms with Gasteiger partial charge in [0.15, 0.2) is 0 Å². The minimum absolute atomic E-state index is 0.165. The molecule has 0 aliphatic rings. The van der Waals surface area contributed by atoms with Crippen molar-refractivity contribution >= 4 is 44.4 Å². The van der Waals surface area contributed by atoms with Crippen LogP contribution in [0.4, 0.5) is 5.69 Å².